The summed E-state index contributed by atoms with van der Waals surface area (Å²) in [7, 11) is -3.74. The second-order valence-electron chi connectivity index (χ2n) is 9.37. The van der Waals surface area contributed by atoms with E-state index in [1.54, 1.807) is 0 Å². The van der Waals surface area contributed by atoms with E-state index in [4.69, 9.17) is 16.3 Å². The van der Waals surface area contributed by atoms with Crippen LogP contribution in [0.5, 0.6) is 0 Å². The maximum atomic E-state index is 12.9. The monoisotopic (exact) mass is 544 g/mol. The molecule has 3 heterocycles. The molecule has 1 atom stereocenters. The van der Waals surface area contributed by atoms with Crippen LogP contribution in [-0.2, 0) is 39.3 Å². The Bertz CT molecular complexity index is 1370. The highest BCUT2D eigenvalue weighted by Gasteiger charge is 2.28. The Hall–Kier alpha value is -2.83. The average molecular weight is 545 g/mol. The number of hydrogen-bond donors (Lipinski definition) is 2. The van der Waals surface area contributed by atoms with Crippen LogP contribution < -0.4 is 10.0 Å². The second-order valence-corrected chi connectivity index (χ2v) is 11.5. The number of carbonyl (C=O) groups is 1. The molecular formula is C25H29ClN6O4S. The Labute approximate surface area is 221 Å². The van der Waals surface area contributed by atoms with Crippen LogP contribution in [0.15, 0.2) is 53.4 Å². The molecule has 0 radical (unpaired) electrons. The molecule has 37 heavy (non-hydrogen) atoms. The maximum Gasteiger partial charge on any atom is 0.240 e. The smallest absolute Gasteiger partial charge is 0.240 e. The van der Waals surface area contributed by atoms with E-state index in [-0.39, 0.29) is 28.0 Å². The van der Waals surface area contributed by atoms with Crippen molar-refractivity contribution in [1.29, 1.82) is 0 Å². The van der Waals surface area contributed by atoms with Crippen LogP contribution >= 0.6 is 11.6 Å². The molecule has 0 unspecified atom stereocenters. The first-order chi connectivity index (χ1) is 17.8. The number of halogens is 1. The number of sulfonamides is 1. The number of benzene rings is 2. The predicted octanol–water partition coefficient (Wildman–Crippen LogP) is 3.10. The van der Waals surface area contributed by atoms with Gasteiger partial charge in [0.15, 0.2) is 0 Å². The summed E-state index contributed by atoms with van der Waals surface area (Å²) in [6.45, 7) is 4.56. The highest BCUT2D eigenvalue weighted by Crippen LogP contribution is 2.28. The third-order valence-corrected chi connectivity index (χ3v) is 8.52. The number of aromatic nitrogens is 3. The number of hydrogen-bond acceptors (Lipinski definition) is 7. The summed E-state index contributed by atoms with van der Waals surface area (Å²) in [5.74, 6) is -0.280. The Morgan fingerprint density at radius 2 is 1.92 bits per heavy atom. The number of nitrogens with one attached hydrogen (secondary N) is 2. The van der Waals surface area contributed by atoms with Crippen LogP contribution in [0.3, 0.4) is 0 Å². The summed E-state index contributed by atoms with van der Waals surface area (Å²) in [6, 6.07) is 14.2. The van der Waals surface area contributed by atoms with E-state index in [0.717, 1.165) is 30.0 Å². The minimum atomic E-state index is -3.74. The van der Waals surface area contributed by atoms with E-state index in [0.29, 0.717) is 38.2 Å². The zero-order valence-electron chi connectivity index (χ0n) is 20.4. The lowest BCUT2D eigenvalue weighted by molar-refractivity contribution is -0.114. The summed E-state index contributed by atoms with van der Waals surface area (Å²) < 4.78 is 36.6. The molecule has 0 saturated carbocycles. The van der Waals surface area contributed by atoms with Gasteiger partial charge in [0.25, 0.3) is 0 Å². The SMILES string of the molecule is CC(=O)Nc1ccc(S(=O)(=O)NC2CCN(Cc3nnn4c3CO[C@@H](c3ccccc3)C4)CC2)cc1Cl. The summed E-state index contributed by atoms with van der Waals surface area (Å²) in [6.07, 6.45) is 1.31. The standard InChI is InChI=1S/C25H29ClN6O4S/c1-17(33)27-22-8-7-20(13-21(22)26)37(34,35)29-19-9-11-31(12-10-19)14-23-24-16-36-25(15-32(24)30-28-23)18-5-3-2-4-6-18/h2-8,13,19,25,29H,9-12,14-16H2,1H3,(H,27,33)/t25-/m1/s1. The fraction of sp³-hybridized carbons (Fsp3) is 0.400. The van der Waals surface area contributed by atoms with Crippen molar-refractivity contribution in [1.82, 2.24) is 24.6 Å². The van der Waals surface area contributed by atoms with E-state index in [2.05, 4.69) is 37.4 Å². The van der Waals surface area contributed by atoms with Crippen LogP contribution in [0.2, 0.25) is 5.02 Å². The van der Waals surface area contributed by atoms with Gasteiger partial charge in [-0.1, -0.05) is 47.1 Å². The molecule has 1 saturated heterocycles. The first-order valence-electron chi connectivity index (χ1n) is 12.2. The first kappa shape index (κ1) is 25.8. The molecule has 2 aliphatic heterocycles. The minimum absolute atomic E-state index is 0.0384. The van der Waals surface area contributed by atoms with Gasteiger partial charge in [0.2, 0.25) is 15.9 Å². The number of nitrogens with zero attached hydrogens (tertiary/aromatic N) is 4. The van der Waals surface area contributed by atoms with Crippen molar-refractivity contribution in [2.45, 2.75) is 56.5 Å². The average Bonchev–Trinajstić information content (AvgIpc) is 3.28. The normalized spacial score (nSPS) is 18.9. The molecule has 2 aromatic carbocycles. The molecule has 2 aliphatic rings. The molecule has 0 spiro atoms. The van der Waals surface area contributed by atoms with Gasteiger partial charge >= 0.3 is 0 Å². The molecule has 12 heteroatoms. The van der Waals surface area contributed by atoms with Crippen molar-refractivity contribution in [2.75, 3.05) is 18.4 Å². The predicted molar refractivity (Wildman–Crippen MR) is 138 cm³/mol. The van der Waals surface area contributed by atoms with E-state index >= 15 is 0 Å². The summed E-state index contributed by atoms with van der Waals surface area (Å²) in [5.41, 5.74) is 3.40. The molecule has 1 amide bonds. The van der Waals surface area contributed by atoms with Gasteiger partial charge < -0.3 is 10.1 Å². The number of piperidine rings is 1. The fourth-order valence-electron chi connectivity index (χ4n) is 4.72. The molecule has 5 rings (SSSR count). The van der Waals surface area contributed by atoms with Crippen LogP contribution in [0, 0.1) is 0 Å². The lowest BCUT2D eigenvalue weighted by Gasteiger charge is -2.32. The van der Waals surface area contributed by atoms with E-state index < -0.39 is 10.0 Å². The minimum Gasteiger partial charge on any atom is -0.365 e. The fourth-order valence-corrected chi connectivity index (χ4v) is 6.34. The van der Waals surface area contributed by atoms with Gasteiger partial charge in [-0.2, -0.15) is 0 Å². The van der Waals surface area contributed by atoms with Gasteiger partial charge in [-0.15, -0.1) is 5.10 Å². The molecule has 10 nitrogen and oxygen atoms in total. The number of anilines is 1. The van der Waals surface area contributed by atoms with Gasteiger partial charge in [-0.05, 0) is 36.6 Å². The van der Waals surface area contributed by atoms with Crippen LogP contribution in [0.25, 0.3) is 0 Å². The van der Waals surface area contributed by atoms with Crippen molar-refractivity contribution in [3.05, 3.63) is 70.5 Å². The van der Waals surface area contributed by atoms with E-state index in [1.807, 2.05) is 22.9 Å². The lowest BCUT2D eigenvalue weighted by Crippen LogP contribution is -2.44. The Morgan fingerprint density at radius 1 is 1.16 bits per heavy atom. The largest absolute Gasteiger partial charge is 0.365 e. The van der Waals surface area contributed by atoms with Crippen molar-refractivity contribution in [2.24, 2.45) is 0 Å². The van der Waals surface area contributed by atoms with E-state index in [9.17, 15) is 13.2 Å². The third-order valence-electron chi connectivity index (χ3n) is 6.69. The third kappa shape index (κ3) is 6.02. The van der Waals surface area contributed by atoms with Crippen LogP contribution in [0.1, 0.15) is 42.8 Å². The van der Waals surface area contributed by atoms with Crippen LogP contribution in [0.4, 0.5) is 5.69 Å². The highest BCUT2D eigenvalue weighted by molar-refractivity contribution is 7.89. The molecule has 0 aliphatic carbocycles. The van der Waals surface area contributed by atoms with Crippen molar-refractivity contribution in [3.8, 4) is 0 Å². The Balaban J connectivity index is 1.15. The van der Waals surface area contributed by atoms with E-state index in [1.165, 1.54) is 25.1 Å². The topological polar surface area (TPSA) is 118 Å². The quantitative estimate of drug-likeness (QED) is 0.469. The molecule has 3 aromatic rings. The number of likely N-dealkylation sites (tertiary alicyclic amines) is 1. The zero-order valence-corrected chi connectivity index (χ0v) is 22.0. The van der Waals surface area contributed by atoms with Crippen LogP contribution in [-0.4, -0.2) is 53.4 Å². The summed E-state index contributed by atoms with van der Waals surface area (Å²) in [5, 5.41) is 11.5. The Kier molecular flexibility index (Phi) is 7.59. The molecule has 1 fully saturated rings. The first-order valence-corrected chi connectivity index (χ1v) is 14.0. The highest BCUT2D eigenvalue weighted by atomic mass is 35.5. The van der Waals surface area contributed by atoms with Crippen molar-refractivity contribution >= 4 is 33.2 Å². The van der Waals surface area contributed by atoms with Gasteiger partial charge in [-0.3, -0.25) is 9.69 Å². The van der Waals surface area contributed by atoms with Gasteiger partial charge in [-0.25, -0.2) is 17.8 Å². The molecule has 196 valence electrons. The Morgan fingerprint density at radius 3 is 2.62 bits per heavy atom. The summed E-state index contributed by atoms with van der Waals surface area (Å²) >= 11 is 6.16. The zero-order chi connectivity index (χ0) is 26.0. The van der Waals surface area contributed by atoms with Gasteiger partial charge in [0.1, 0.15) is 11.8 Å². The number of rotatable bonds is 7. The maximum absolute atomic E-state index is 12.9. The van der Waals surface area contributed by atoms with Crippen molar-refractivity contribution < 1.29 is 17.9 Å². The summed E-state index contributed by atoms with van der Waals surface area (Å²) in [4.78, 5) is 13.6. The van der Waals surface area contributed by atoms with Crippen molar-refractivity contribution in [3.63, 3.8) is 0 Å². The van der Waals surface area contributed by atoms with Gasteiger partial charge in [0, 0.05) is 32.6 Å². The molecular weight excluding hydrogens is 516 g/mol. The molecule has 1 aromatic heterocycles. The second kappa shape index (κ2) is 10.9. The lowest BCUT2D eigenvalue weighted by atomic mass is 10.1. The number of carbonyl (C=O) groups excluding carboxylic acids is 1. The number of amides is 1. The van der Waals surface area contributed by atoms with Gasteiger partial charge in [0.05, 0.1) is 34.5 Å². The number of ether oxygens (including phenoxy) is 1. The number of fused-ring (bicyclic) bond motifs is 1. The molecule has 2 N–H and O–H groups in total. The molecule has 0 bridgehead atoms.